The van der Waals surface area contributed by atoms with Crippen LogP contribution in [-0.2, 0) is 13.0 Å². The predicted molar refractivity (Wildman–Crippen MR) is 124 cm³/mol. The van der Waals surface area contributed by atoms with Crippen LogP contribution in [0.1, 0.15) is 40.9 Å². The van der Waals surface area contributed by atoms with Crippen LogP contribution in [0, 0.1) is 6.92 Å². The third-order valence-electron chi connectivity index (χ3n) is 4.72. The van der Waals surface area contributed by atoms with Crippen molar-refractivity contribution in [2.45, 2.75) is 38.6 Å². The molecule has 1 heterocycles. The van der Waals surface area contributed by atoms with Crippen LogP contribution in [-0.4, -0.2) is 16.3 Å². The fourth-order valence-electron chi connectivity index (χ4n) is 2.90. The van der Waals surface area contributed by atoms with Crippen LogP contribution < -0.4 is 10.0 Å². The zero-order valence-electron chi connectivity index (χ0n) is 17.1. The molecule has 150 valence electrons. The first-order valence-electron chi connectivity index (χ1n) is 9.76. The molecule has 0 bridgehead atoms. The summed E-state index contributed by atoms with van der Waals surface area (Å²) in [6.07, 6.45) is 4.52. The first-order chi connectivity index (χ1) is 14.1. The maximum atomic E-state index is 12.6. The maximum Gasteiger partial charge on any atom is 0.251 e. The minimum Gasteiger partial charge on any atom is -0.348 e. The Kier molecular flexibility index (Phi) is 7.19. The van der Waals surface area contributed by atoms with E-state index in [-0.39, 0.29) is 16.6 Å². The fraction of sp³-hybridized carbons (Fsp3) is 0.208. The van der Waals surface area contributed by atoms with Crippen molar-refractivity contribution in [2.75, 3.05) is 4.72 Å². The van der Waals surface area contributed by atoms with Gasteiger partial charge in [0.15, 0.2) is 0 Å². The van der Waals surface area contributed by atoms with E-state index >= 15 is 0 Å². The van der Waals surface area contributed by atoms with Gasteiger partial charge in [-0.05, 0) is 72.7 Å². The smallest absolute Gasteiger partial charge is 0.251 e. The number of nitrogens with zero attached hydrogens (tertiary/aromatic N) is 1. The van der Waals surface area contributed by atoms with Gasteiger partial charge in [0.2, 0.25) is 0 Å². The first kappa shape index (κ1) is 20.8. The molecule has 2 aromatic carbocycles. The molecule has 3 aromatic rings. The molecule has 0 aliphatic carbocycles. The number of aromatic nitrogens is 1. The molecule has 0 spiro atoms. The number of hydrogen-bond acceptors (Lipinski definition) is 3. The lowest BCUT2D eigenvalue weighted by atomic mass is 10.1. The lowest BCUT2D eigenvalue weighted by molar-refractivity contribution is 0.0951. The molecule has 0 fully saturated rings. The monoisotopic (exact) mass is 405 g/mol. The van der Waals surface area contributed by atoms with Gasteiger partial charge in [-0.2, -0.15) is 0 Å². The van der Waals surface area contributed by atoms with Gasteiger partial charge in [0.25, 0.3) is 5.91 Å². The summed E-state index contributed by atoms with van der Waals surface area (Å²) in [5.74, 6) is -0.0930. The Hall–Kier alpha value is -2.92. The number of benzene rings is 2. The Labute approximate surface area is 175 Å². The number of amides is 1. The van der Waals surface area contributed by atoms with Crippen molar-refractivity contribution in [3.05, 3.63) is 89.2 Å². The molecule has 5 heteroatoms. The number of pyridine rings is 1. The average Bonchev–Trinajstić information content (AvgIpc) is 2.77. The van der Waals surface area contributed by atoms with E-state index in [9.17, 15) is 4.79 Å². The van der Waals surface area contributed by atoms with Crippen LogP contribution in [0.3, 0.4) is 0 Å². The molecule has 29 heavy (non-hydrogen) atoms. The molecule has 1 amide bonds. The van der Waals surface area contributed by atoms with Gasteiger partial charge in [0.05, 0.1) is 0 Å². The Morgan fingerprint density at radius 1 is 1.10 bits per heavy atom. The predicted octanol–water partition coefficient (Wildman–Crippen LogP) is 5.36. The molecule has 4 nitrogen and oxygen atoms in total. The van der Waals surface area contributed by atoms with Crippen molar-refractivity contribution >= 4 is 27.6 Å². The topological polar surface area (TPSA) is 54.0 Å². The van der Waals surface area contributed by atoms with Crippen LogP contribution in [0.2, 0.25) is 0 Å². The number of hydrogen-bond donors (Lipinski definition) is 2. The Morgan fingerprint density at radius 3 is 2.55 bits per heavy atom. The van der Waals surface area contributed by atoms with Gasteiger partial charge in [-0.15, -0.1) is 0 Å². The largest absolute Gasteiger partial charge is 0.348 e. The van der Waals surface area contributed by atoms with Crippen molar-refractivity contribution in [1.82, 2.24) is 10.3 Å². The van der Waals surface area contributed by atoms with E-state index < -0.39 is 0 Å². The zero-order valence-corrected chi connectivity index (χ0v) is 17.9. The second kappa shape index (κ2) is 10.0. The number of aryl methyl sites for hydroxylation is 2. The number of carbonyl (C=O) groups excluding carboxylic acids is 1. The fourth-order valence-corrected chi connectivity index (χ4v) is 4.30. The van der Waals surface area contributed by atoms with Crippen LogP contribution >= 0.6 is 10.7 Å². The Bertz CT molecular complexity index is 998. The van der Waals surface area contributed by atoms with Gasteiger partial charge in [-0.3, -0.25) is 9.78 Å². The second-order valence-electron chi connectivity index (χ2n) is 6.75. The molecule has 1 unspecified atom stereocenters. The highest BCUT2D eigenvalue weighted by Gasteiger charge is 2.09. The van der Waals surface area contributed by atoms with Crippen LogP contribution in [0.25, 0.3) is 0 Å². The highest BCUT2D eigenvalue weighted by molar-refractivity contribution is 8.16. The van der Waals surface area contributed by atoms with E-state index in [1.54, 1.807) is 12.4 Å². The summed E-state index contributed by atoms with van der Waals surface area (Å²) in [7, 11) is -0.236. The van der Waals surface area contributed by atoms with Gasteiger partial charge in [0.1, 0.15) is 0 Å². The standard InChI is InChI=1S/C24H27N3OS/c1-4-19-9-12-22(13-10-19)29(5-2)27-23-15-21(11-8-18(23)3)24(28)26-17-20-7-6-14-25-16-20/h5-16,27H,4,17H2,1-3H3,(H,26,28). The van der Waals surface area contributed by atoms with E-state index in [4.69, 9.17) is 0 Å². The van der Waals surface area contributed by atoms with Gasteiger partial charge < -0.3 is 10.0 Å². The molecule has 3 rings (SSSR count). The summed E-state index contributed by atoms with van der Waals surface area (Å²) in [5.41, 5.74) is 5.03. The van der Waals surface area contributed by atoms with E-state index in [2.05, 4.69) is 65.4 Å². The van der Waals surface area contributed by atoms with Crippen LogP contribution in [0.5, 0.6) is 0 Å². The summed E-state index contributed by atoms with van der Waals surface area (Å²) >= 11 is 0. The third kappa shape index (κ3) is 5.55. The van der Waals surface area contributed by atoms with E-state index in [1.165, 1.54) is 10.5 Å². The summed E-state index contributed by atoms with van der Waals surface area (Å²) < 4.78 is 3.60. The molecular weight excluding hydrogens is 378 g/mol. The van der Waals surface area contributed by atoms with Gasteiger partial charge >= 0.3 is 0 Å². The quantitative estimate of drug-likeness (QED) is 0.520. The molecule has 2 N–H and O–H groups in total. The van der Waals surface area contributed by atoms with Gasteiger partial charge in [0, 0.05) is 35.1 Å². The normalized spacial score (nSPS) is 11.8. The molecule has 0 saturated carbocycles. The zero-order chi connectivity index (χ0) is 20.6. The highest BCUT2D eigenvalue weighted by atomic mass is 32.2. The van der Waals surface area contributed by atoms with Crippen molar-refractivity contribution in [3.63, 3.8) is 0 Å². The summed E-state index contributed by atoms with van der Waals surface area (Å²) in [5, 5.41) is 5.12. The molecule has 0 radical (unpaired) electrons. The Balaban J connectivity index is 1.74. The second-order valence-corrected chi connectivity index (χ2v) is 8.57. The molecular formula is C24H27N3OS. The first-order valence-corrected chi connectivity index (χ1v) is 11.1. The van der Waals surface area contributed by atoms with E-state index in [1.807, 2.05) is 30.3 Å². The van der Waals surface area contributed by atoms with E-state index in [0.29, 0.717) is 12.1 Å². The molecule has 0 aliphatic rings. The summed E-state index contributed by atoms with van der Waals surface area (Å²) in [6, 6.07) is 18.3. The summed E-state index contributed by atoms with van der Waals surface area (Å²) in [4.78, 5) is 17.9. The van der Waals surface area contributed by atoms with Gasteiger partial charge in [-0.1, -0.05) is 41.9 Å². The Morgan fingerprint density at radius 2 is 1.90 bits per heavy atom. The summed E-state index contributed by atoms with van der Waals surface area (Å²) in [6.45, 7) is 6.73. The molecule has 0 saturated heterocycles. The number of rotatable bonds is 7. The number of anilines is 1. The van der Waals surface area contributed by atoms with Crippen molar-refractivity contribution < 1.29 is 4.79 Å². The van der Waals surface area contributed by atoms with E-state index in [0.717, 1.165) is 23.2 Å². The number of nitrogens with one attached hydrogen (secondary N) is 2. The highest BCUT2D eigenvalue weighted by Crippen LogP contribution is 2.30. The number of carbonyl (C=O) groups is 1. The van der Waals surface area contributed by atoms with Crippen molar-refractivity contribution in [1.29, 1.82) is 0 Å². The molecule has 1 atom stereocenters. The minimum absolute atomic E-state index is 0.0930. The SMILES string of the molecule is C/C=S(\Nc1cc(C(=O)NCc2cccnc2)ccc1C)c1ccc(CC)cc1. The lowest BCUT2D eigenvalue weighted by Gasteiger charge is -2.16. The third-order valence-corrected chi connectivity index (χ3v) is 6.41. The average molecular weight is 406 g/mol. The lowest BCUT2D eigenvalue weighted by Crippen LogP contribution is -2.22. The molecule has 0 aliphatic heterocycles. The van der Waals surface area contributed by atoms with Crippen LogP contribution in [0.15, 0.2) is 71.9 Å². The van der Waals surface area contributed by atoms with Crippen molar-refractivity contribution in [3.8, 4) is 0 Å². The maximum absolute atomic E-state index is 12.6. The van der Waals surface area contributed by atoms with Crippen molar-refractivity contribution in [2.24, 2.45) is 0 Å². The minimum atomic E-state index is -0.236. The molecule has 1 aromatic heterocycles. The van der Waals surface area contributed by atoms with Gasteiger partial charge in [-0.25, -0.2) is 0 Å². The van der Waals surface area contributed by atoms with Crippen LogP contribution in [0.4, 0.5) is 5.69 Å².